The van der Waals surface area contributed by atoms with E-state index in [4.69, 9.17) is 0 Å². The van der Waals surface area contributed by atoms with Crippen molar-refractivity contribution in [2.45, 2.75) is 9.79 Å². The Labute approximate surface area is 231 Å². The van der Waals surface area contributed by atoms with Crippen molar-refractivity contribution in [3.63, 3.8) is 0 Å². The first-order chi connectivity index (χ1) is 18.7. The van der Waals surface area contributed by atoms with Gasteiger partial charge < -0.3 is 10.2 Å². The maximum atomic E-state index is 13.3. The standard InChI is InChI=1S/C30H25N3O4S2/c1-33(2)26-12-6-11-24-23(26)10-7-13-30(24)39(36,37)32-21-16-14-20(15-17-21)31-25-18-28(35)29(19-27(25)34)38-22-8-4-3-5-9-22/h3-19,31-32H,1-2H3. The fraction of sp³-hybridized carbons (Fsp3) is 0.0667. The molecule has 7 nitrogen and oxygen atoms in total. The van der Waals surface area contributed by atoms with Crippen LogP contribution in [-0.4, -0.2) is 34.1 Å². The molecule has 0 atom stereocenters. The van der Waals surface area contributed by atoms with Gasteiger partial charge in [0.25, 0.3) is 10.0 Å². The Morgan fingerprint density at radius 2 is 1.36 bits per heavy atom. The van der Waals surface area contributed by atoms with Crippen LogP contribution in [0.15, 0.2) is 124 Å². The highest BCUT2D eigenvalue weighted by Crippen LogP contribution is 2.32. The molecule has 39 heavy (non-hydrogen) atoms. The third-order valence-corrected chi connectivity index (χ3v) is 8.55. The summed E-state index contributed by atoms with van der Waals surface area (Å²) in [6, 6.07) is 26.6. The molecule has 0 heterocycles. The molecule has 196 valence electrons. The molecule has 0 aliphatic heterocycles. The van der Waals surface area contributed by atoms with Crippen molar-refractivity contribution < 1.29 is 18.0 Å². The number of fused-ring (bicyclic) bond motifs is 1. The fourth-order valence-electron chi connectivity index (χ4n) is 4.21. The number of hydrogen-bond acceptors (Lipinski definition) is 7. The van der Waals surface area contributed by atoms with Crippen LogP contribution in [0.25, 0.3) is 10.8 Å². The van der Waals surface area contributed by atoms with Crippen LogP contribution < -0.4 is 14.9 Å². The Balaban J connectivity index is 1.30. The van der Waals surface area contributed by atoms with E-state index in [-0.39, 0.29) is 22.2 Å². The quantitative estimate of drug-likeness (QED) is 0.264. The van der Waals surface area contributed by atoms with Gasteiger partial charge in [-0.25, -0.2) is 8.42 Å². The number of hydrogen-bond donors (Lipinski definition) is 2. The van der Waals surface area contributed by atoms with Gasteiger partial charge in [-0.15, -0.1) is 0 Å². The topological polar surface area (TPSA) is 95.6 Å². The minimum atomic E-state index is -3.88. The number of carbonyl (C=O) groups is 2. The highest BCUT2D eigenvalue weighted by molar-refractivity contribution is 8.04. The smallest absolute Gasteiger partial charge is 0.262 e. The van der Waals surface area contributed by atoms with Crippen LogP contribution >= 0.6 is 11.8 Å². The number of rotatable bonds is 8. The molecule has 0 fully saturated rings. The largest absolute Gasteiger partial charge is 0.377 e. The first kappa shape index (κ1) is 26.3. The molecule has 0 saturated heterocycles. The molecule has 0 spiro atoms. The van der Waals surface area contributed by atoms with Crippen LogP contribution in [0.2, 0.25) is 0 Å². The second kappa shape index (κ2) is 10.8. The number of nitrogens with zero attached hydrogens (tertiary/aromatic N) is 1. The molecule has 0 saturated carbocycles. The molecule has 4 aromatic rings. The van der Waals surface area contributed by atoms with Gasteiger partial charge in [-0.1, -0.05) is 54.2 Å². The third kappa shape index (κ3) is 5.74. The summed E-state index contributed by atoms with van der Waals surface area (Å²) >= 11 is 1.24. The van der Waals surface area contributed by atoms with Crippen LogP contribution in [0, 0.1) is 0 Å². The first-order valence-electron chi connectivity index (χ1n) is 12.1. The van der Waals surface area contributed by atoms with Crippen LogP contribution in [0.3, 0.4) is 0 Å². The van der Waals surface area contributed by atoms with Crippen molar-refractivity contribution in [3.8, 4) is 0 Å². The van der Waals surface area contributed by atoms with Gasteiger partial charge in [0.05, 0.1) is 15.5 Å². The van der Waals surface area contributed by atoms with Crippen LogP contribution in [0.1, 0.15) is 0 Å². The summed E-state index contributed by atoms with van der Waals surface area (Å²) in [5, 5.41) is 4.43. The zero-order valence-electron chi connectivity index (χ0n) is 21.2. The maximum Gasteiger partial charge on any atom is 0.262 e. The second-order valence-electron chi connectivity index (χ2n) is 9.04. The molecule has 0 unspecified atom stereocenters. The molecule has 0 aromatic heterocycles. The minimum absolute atomic E-state index is 0.151. The summed E-state index contributed by atoms with van der Waals surface area (Å²) in [6.07, 6.45) is 2.61. The first-order valence-corrected chi connectivity index (χ1v) is 14.4. The summed E-state index contributed by atoms with van der Waals surface area (Å²) in [5.74, 6) is -0.575. The maximum absolute atomic E-state index is 13.3. The zero-order valence-corrected chi connectivity index (χ0v) is 22.8. The van der Waals surface area contributed by atoms with Gasteiger partial charge in [0.1, 0.15) is 0 Å². The lowest BCUT2D eigenvalue weighted by molar-refractivity contribution is -0.114. The van der Waals surface area contributed by atoms with Crippen molar-refractivity contribution in [3.05, 3.63) is 114 Å². The van der Waals surface area contributed by atoms with E-state index < -0.39 is 10.0 Å². The molecular formula is C30H25N3O4S2. The molecule has 1 aliphatic carbocycles. The van der Waals surface area contributed by atoms with Gasteiger partial charge >= 0.3 is 0 Å². The Bertz CT molecular complexity index is 1740. The highest BCUT2D eigenvalue weighted by Gasteiger charge is 2.22. The molecule has 2 N–H and O–H groups in total. The van der Waals surface area contributed by atoms with E-state index in [0.717, 1.165) is 16.0 Å². The number of sulfonamides is 1. The highest BCUT2D eigenvalue weighted by atomic mass is 32.2. The Hall–Kier alpha value is -4.34. The van der Waals surface area contributed by atoms with E-state index in [1.165, 1.54) is 23.9 Å². The van der Waals surface area contributed by atoms with E-state index >= 15 is 0 Å². The average Bonchev–Trinajstić information content (AvgIpc) is 2.92. The van der Waals surface area contributed by atoms with E-state index in [2.05, 4.69) is 10.0 Å². The lowest BCUT2D eigenvalue weighted by Crippen LogP contribution is -2.17. The van der Waals surface area contributed by atoms with Crippen LogP contribution in [0.4, 0.5) is 17.1 Å². The third-order valence-electron chi connectivity index (χ3n) is 6.06. The van der Waals surface area contributed by atoms with Crippen molar-refractivity contribution >= 4 is 61.2 Å². The average molecular weight is 556 g/mol. The summed E-state index contributed by atoms with van der Waals surface area (Å²) in [6.45, 7) is 0. The Kier molecular flexibility index (Phi) is 7.28. The molecule has 0 bridgehead atoms. The van der Waals surface area contributed by atoms with Crippen LogP contribution in [0.5, 0.6) is 0 Å². The molecular weight excluding hydrogens is 530 g/mol. The normalized spacial score (nSPS) is 13.6. The van der Waals surface area contributed by atoms with E-state index in [1.807, 2.05) is 67.5 Å². The van der Waals surface area contributed by atoms with Crippen molar-refractivity contribution in [1.29, 1.82) is 0 Å². The second-order valence-corrected chi connectivity index (χ2v) is 11.8. The van der Waals surface area contributed by atoms with E-state index in [9.17, 15) is 18.0 Å². The number of ketones is 2. The van der Waals surface area contributed by atoms with E-state index in [0.29, 0.717) is 21.7 Å². The monoisotopic (exact) mass is 555 g/mol. The fourth-order valence-corrected chi connectivity index (χ4v) is 6.36. The number of thioether (sulfide) groups is 1. The molecule has 5 rings (SSSR count). The summed E-state index contributed by atoms with van der Waals surface area (Å²) in [7, 11) is -0.0552. The predicted octanol–water partition coefficient (Wildman–Crippen LogP) is 5.83. The Morgan fingerprint density at radius 1 is 0.692 bits per heavy atom. The number of allylic oxidation sites excluding steroid dienone is 3. The van der Waals surface area contributed by atoms with E-state index in [1.54, 1.807) is 42.5 Å². The number of anilines is 3. The van der Waals surface area contributed by atoms with Crippen molar-refractivity contribution in [2.75, 3.05) is 29.0 Å². The van der Waals surface area contributed by atoms with Gasteiger partial charge in [-0.05, 0) is 48.5 Å². The summed E-state index contributed by atoms with van der Waals surface area (Å²) in [4.78, 5) is 28.6. The summed E-state index contributed by atoms with van der Waals surface area (Å²) < 4.78 is 29.2. The van der Waals surface area contributed by atoms with Gasteiger partial charge in [0.15, 0.2) is 5.78 Å². The van der Waals surface area contributed by atoms with Crippen molar-refractivity contribution in [2.24, 2.45) is 0 Å². The van der Waals surface area contributed by atoms with Crippen molar-refractivity contribution in [1.82, 2.24) is 0 Å². The lowest BCUT2D eigenvalue weighted by Gasteiger charge is -2.17. The Morgan fingerprint density at radius 3 is 2.08 bits per heavy atom. The minimum Gasteiger partial charge on any atom is -0.377 e. The molecule has 1 aliphatic rings. The molecule has 9 heteroatoms. The summed E-state index contributed by atoms with van der Waals surface area (Å²) in [5.41, 5.74) is 1.98. The number of nitrogens with one attached hydrogen (secondary N) is 2. The zero-order chi connectivity index (χ0) is 27.6. The molecule has 0 radical (unpaired) electrons. The number of carbonyl (C=O) groups excluding carboxylic acids is 2. The van der Waals surface area contributed by atoms with Gasteiger partial charge in [-0.2, -0.15) is 0 Å². The van der Waals surface area contributed by atoms with Gasteiger partial charge in [-0.3, -0.25) is 14.3 Å². The molecule has 0 amide bonds. The lowest BCUT2D eigenvalue weighted by atomic mass is 10.1. The SMILES string of the molecule is CN(C)c1cccc2c(S(=O)(=O)Nc3ccc(NC4=CC(=O)C(Sc5ccccc5)=CC4=O)cc3)cccc12. The molecule has 4 aromatic carbocycles. The predicted molar refractivity (Wildman–Crippen MR) is 158 cm³/mol. The number of benzene rings is 4. The van der Waals surface area contributed by atoms with Gasteiger partial charge in [0.2, 0.25) is 5.78 Å². The van der Waals surface area contributed by atoms with Gasteiger partial charge in [0, 0.05) is 59.0 Å². The van der Waals surface area contributed by atoms with Crippen LogP contribution in [-0.2, 0) is 19.6 Å².